The third-order valence-electron chi connectivity index (χ3n) is 2.98. The second-order valence-electron chi connectivity index (χ2n) is 4.34. The molecule has 1 N–H and O–H groups in total. The number of hydrogen-bond donors (Lipinski definition) is 1. The van der Waals surface area contributed by atoms with Crippen LogP contribution in [0.25, 0.3) is 0 Å². The Bertz CT molecular complexity index is 416. The maximum Gasteiger partial charge on any atom is 0.257 e. The van der Waals surface area contributed by atoms with E-state index in [0.717, 1.165) is 0 Å². The predicted molar refractivity (Wildman–Crippen MR) is 82.7 cm³/mol. The molecule has 0 aliphatic rings. The summed E-state index contributed by atoms with van der Waals surface area (Å²) in [5.74, 6) is 0.521. The quantitative estimate of drug-likeness (QED) is 0.665. The van der Waals surface area contributed by atoms with Crippen molar-refractivity contribution >= 4 is 11.7 Å². The molecule has 0 spiro atoms. The Morgan fingerprint density at radius 2 is 1.86 bits per heavy atom. The van der Waals surface area contributed by atoms with Gasteiger partial charge in [-0.2, -0.15) is 0 Å². The van der Waals surface area contributed by atoms with Crippen LogP contribution in [0, 0.1) is 0 Å². The zero-order chi connectivity index (χ0) is 15.5. The van der Waals surface area contributed by atoms with Gasteiger partial charge in [0.05, 0.1) is 18.8 Å². The minimum atomic E-state index is -0.0631. The first-order valence-electron chi connectivity index (χ1n) is 7.32. The molecule has 0 radical (unpaired) electrons. The fraction of sp³-hybridized carbons (Fsp3) is 0.600. The van der Waals surface area contributed by atoms with Crippen LogP contribution in [0.1, 0.15) is 24.2 Å². The highest BCUT2D eigenvalue weighted by Crippen LogP contribution is 2.13. The Hall–Kier alpha value is -1.66. The number of nitrogens with zero attached hydrogens (tertiary/aromatic N) is 2. The van der Waals surface area contributed by atoms with Crippen LogP contribution in [-0.4, -0.2) is 62.4 Å². The van der Waals surface area contributed by atoms with Crippen molar-refractivity contribution in [2.24, 2.45) is 0 Å². The standard InChI is InChI=1S/C15H25N3O3/c1-4-20-11-9-18(10-12-21-5-2)15(19)13-7-6-8-17-14(13)16-3/h6-8H,4-5,9-12H2,1-3H3,(H,16,17). The smallest absolute Gasteiger partial charge is 0.257 e. The highest BCUT2D eigenvalue weighted by Gasteiger charge is 2.18. The summed E-state index contributed by atoms with van der Waals surface area (Å²) in [6, 6.07) is 3.53. The maximum atomic E-state index is 12.6. The molecule has 21 heavy (non-hydrogen) atoms. The van der Waals surface area contributed by atoms with Crippen LogP contribution in [0.2, 0.25) is 0 Å². The highest BCUT2D eigenvalue weighted by atomic mass is 16.5. The molecule has 0 aromatic carbocycles. The number of amides is 1. The molecule has 1 rings (SSSR count). The Morgan fingerprint density at radius 1 is 1.24 bits per heavy atom. The summed E-state index contributed by atoms with van der Waals surface area (Å²) in [6.07, 6.45) is 1.66. The minimum absolute atomic E-state index is 0.0631. The number of carbonyl (C=O) groups is 1. The Balaban J connectivity index is 2.76. The van der Waals surface area contributed by atoms with Crippen molar-refractivity contribution in [1.82, 2.24) is 9.88 Å². The van der Waals surface area contributed by atoms with Gasteiger partial charge in [0, 0.05) is 39.5 Å². The van der Waals surface area contributed by atoms with E-state index in [-0.39, 0.29) is 5.91 Å². The number of aromatic nitrogens is 1. The average Bonchev–Trinajstić information content (AvgIpc) is 2.53. The van der Waals surface area contributed by atoms with Gasteiger partial charge >= 0.3 is 0 Å². The molecule has 118 valence electrons. The van der Waals surface area contributed by atoms with Gasteiger partial charge in [0.25, 0.3) is 5.91 Å². The molecule has 6 nitrogen and oxygen atoms in total. The van der Waals surface area contributed by atoms with E-state index in [1.54, 1.807) is 30.3 Å². The molecule has 0 saturated heterocycles. The lowest BCUT2D eigenvalue weighted by Gasteiger charge is -2.23. The first-order chi connectivity index (χ1) is 10.2. The van der Waals surface area contributed by atoms with E-state index in [1.165, 1.54) is 0 Å². The first-order valence-corrected chi connectivity index (χ1v) is 7.32. The molecule has 1 heterocycles. The number of nitrogens with one attached hydrogen (secondary N) is 1. The molecule has 0 fully saturated rings. The van der Waals surface area contributed by atoms with Crippen LogP contribution in [-0.2, 0) is 9.47 Å². The van der Waals surface area contributed by atoms with Gasteiger partial charge in [0.15, 0.2) is 0 Å². The van der Waals surface area contributed by atoms with E-state index >= 15 is 0 Å². The van der Waals surface area contributed by atoms with Gasteiger partial charge in [0.1, 0.15) is 5.82 Å². The van der Waals surface area contributed by atoms with Crippen molar-refractivity contribution in [1.29, 1.82) is 0 Å². The van der Waals surface area contributed by atoms with Crippen LogP contribution in [0.5, 0.6) is 0 Å². The van der Waals surface area contributed by atoms with Gasteiger partial charge in [-0.15, -0.1) is 0 Å². The lowest BCUT2D eigenvalue weighted by Crippen LogP contribution is -2.37. The number of pyridine rings is 1. The van der Waals surface area contributed by atoms with Crippen molar-refractivity contribution < 1.29 is 14.3 Å². The zero-order valence-corrected chi connectivity index (χ0v) is 13.1. The van der Waals surface area contributed by atoms with Gasteiger partial charge < -0.3 is 19.7 Å². The normalized spacial score (nSPS) is 10.4. The summed E-state index contributed by atoms with van der Waals surface area (Å²) < 4.78 is 10.7. The third-order valence-corrected chi connectivity index (χ3v) is 2.98. The van der Waals surface area contributed by atoms with Crippen molar-refractivity contribution in [3.8, 4) is 0 Å². The molecular formula is C15H25N3O3. The number of rotatable bonds is 10. The van der Waals surface area contributed by atoms with Gasteiger partial charge in [0.2, 0.25) is 0 Å². The van der Waals surface area contributed by atoms with Crippen LogP contribution in [0.4, 0.5) is 5.82 Å². The van der Waals surface area contributed by atoms with Crippen LogP contribution in [0.15, 0.2) is 18.3 Å². The molecule has 1 amide bonds. The van der Waals surface area contributed by atoms with Crippen LogP contribution >= 0.6 is 0 Å². The first kappa shape index (κ1) is 17.4. The summed E-state index contributed by atoms with van der Waals surface area (Å²) in [4.78, 5) is 18.6. The number of hydrogen-bond acceptors (Lipinski definition) is 5. The monoisotopic (exact) mass is 295 g/mol. The molecule has 0 aliphatic carbocycles. The van der Waals surface area contributed by atoms with Crippen molar-refractivity contribution in [2.75, 3.05) is 51.9 Å². The summed E-state index contributed by atoms with van der Waals surface area (Å²) in [5.41, 5.74) is 0.563. The Kier molecular flexibility index (Phi) is 8.38. The molecule has 1 aromatic heterocycles. The second kappa shape index (κ2) is 10.1. The van der Waals surface area contributed by atoms with Crippen LogP contribution < -0.4 is 5.32 Å². The Labute approximate surface area is 126 Å². The number of carbonyl (C=O) groups excluding carboxylic acids is 1. The van der Waals surface area contributed by atoms with Crippen molar-refractivity contribution in [3.63, 3.8) is 0 Å². The summed E-state index contributed by atoms with van der Waals surface area (Å²) in [5, 5.41) is 2.94. The molecule has 0 aliphatic heterocycles. The largest absolute Gasteiger partial charge is 0.380 e. The van der Waals surface area contributed by atoms with E-state index in [2.05, 4.69) is 10.3 Å². The molecule has 0 saturated carbocycles. The van der Waals surface area contributed by atoms with E-state index in [1.807, 2.05) is 13.8 Å². The number of anilines is 1. The number of ether oxygens (including phenoxy) is 2. The van der Waals surface area contributed by atoms with Crippen LogP contribution in [0.3, 0.4) is 0 Å². The summed E-state index contributed by atoms with van der Waals surface area (Å²) in [6.45, 7) is 7.27. The molecule has 0 bridgehead atoms. The van der Waals surface area contributed by atoms with Crippen molar-refractivity contribution in [2.45, 2.75) is 13.8 Å². The summed E-state index contributed by atoms with van der Waals surface area (Å²) >= 11 is 0. The lowest BCUT2D eigenvalue weighted by atomic mass is 10.2. The molecule has 6 heteroatoms. The molecule has 1 aromatic rings. The molecule has 0 unspecified atom stereocenters. The highest BCUT2D eigenvalue weighted by molar-refractivity contribution is 5.98. The van der Waals surface area contributed by atoms with E-state index in [4.69, 9.17) is 9.47 Å². The maximum absolute atomic E-state index is 12.6. The fourth-order valence-corrected chi connectivity index (χ4v) is 1.90. The second-order valence-corrected chi connectivity index (χ2v) is 4.34. The minimum Gasteiger partial charge on any atom is -0.380 e. The van der Waals surface area contributed by atoms with E-state index in [9.17, 15) is 4.79 Å². The average molecular weight is 295 g/mol. The SMILES string of the molecule is CCOCCN(CCOCC)C(=O)c1cccnc1NC. The zero-order valence-electron chi connectivity index (χ0n) is 13.1. The lowest BCUT2D eigenvalue weighted by molar-refractivity contribution is 0.0550. The van der Waals surface area contributed by atoms with E-state index < -0.39 is 0 Å². The summed E-state index contributed by atoms with van der Waals surface area (Å²) in [7, 11) is 1.75. The van der Waals surface area contributed by atoms with Gasteiger partial charge in [-0.25, -0.2) is 4.98 Å². The Morgan fingerprint density at radius 3 is 2.38 bits per heavy atom. The van der Waals surface area contributed by atoms with Gasteiger partial charge in [-0.05, 0) is 26.0 Å². The fourth-order valence-electron chi connectivity index (χ4n) is 1.90. The van der Waals surface area contributed by atoms with Crippen molar-refractivity contribution in [3.05, 3.63) is 23.9 Å². The molecule has 0 atom stereocenters. The van der Waals surface area contributed by atoms with E-state index in [0.29, 0.717) is 50.9 Å². The molecular weight excluding hydrogens is 270 g/mol. The predicted octanol–water partition coefficient (Wildman–Crippen LogP) is 1.64. The topological polar surface area (TPSA) is 63.7 Å². The van der Waals surface area contributed by atoms with Gasteiger partial charge in [-0.3, -0.25) is 4.79 Å². The third kappa shape index (κ3) is 5.69. The van der Waals surface area contributed by atoms with Gasteiger partial charge in [-0.1, -0.05) is 0 Å².